The lowest BCUT2D eigenvalue weighted by molar-refractivity contribution is -0.192. The second-order valence-corrected chi connectivity index (χ2v) is 8.57. The number of hydrogen-bond acceptors (Lipinski definition) is 6. The maximum absolute atomic E-state index is 12.4. The first-order chi connectivity index (χ1) is 18.3. The van der Waals surface area contributed by atoms with E-state index in [0.717, 1.165) is 16.8 Å². The zero-order chi connectivity index (χ0) is 28.7. The van der Waals surface area contributed by atoms with Crippen LogP contribution < -0.4 is 11.1 Å². The van der Waals surface area contributed by atoms with Crippen molar-refractivity contribution in [3.63, 3.8) is 0 Å². The zero-order valence-electron chi connectivity index (χ0n) is 19.9. The van der Waals surface area contributed by atoms with Crippen molar-refractivity contribution in [1.82, 2.24) is 14.6 Å². The van der Waals surface area contributed by atoms with Crippen LogP contribution in [0.3, 0.4) is 0 Å². The minimum absolute atomic E-state index is 0.0886. The number of halogens is 4. The van der Waals surface area contributed by atoms with E-state index in [4.69, 9.17) is 32.3 Å². The molecular weight excluding hydrogens is 543 g/mol. The highest BCUT2D eigenvalue weighted by Crippen LogP contribution is 2.20. The summed E-state index contributed by atoms with van der Waals surface area (Å²) in [5.74, 6) is -4.03. The number of alkyl halides is 3. The molecule has 1 amide bonds. The number of carboxylic acids is 2. The molecule has 0 aliphatic heterocycles. The number of aliphatic carboxylic acids is 2. The molecule has 5 N–H and O–H groups in total. The molecular formula is C25H21ClF3N5O5. The smallest absolute Gasteiger partial charge is 0.480 e. The van der Waals surface area contributed by atoms with E-state index in [1.54, 1.807) is 47.1 Å². The Morgan fingerprint density at radius 3 is 2.18 bits per heavy atom. The average molecular weight is 564 g/mol. The molecule has 39 heavy (non-hydrogen) atoms. The van der Waals surface area contributed by atoms with E-state index in [1.165, 1.54) is 0 Å². The number of benzene rings is 2. The summed E-state index contributed by atoms with van der Waals surface area (Å²) in [6.45, 7) is 0. The molecule has 204 valence electrons. The quantitative estimate of drug-likeness (QED) is 0.264. The van der Waals surface area contributed by atoms with Crippen molar-refractivity contribution in [2.45, 2.75) is 25.1 Å². The highest BCUT2D eigenvalue weighted by molar-refractivity contribution is 6.30. The van der Waals surface area contributed by atoms with Gasteiger partial charge in [-0.3, -0.25) is 9.59 Å². The minimum atomic E-state index is -5.08. The Bertz CT molecular complexity index is 1470. The lowest BCUT2D eigenvalue weighted by Crippen LogP contribution is -2.32. The van der Waals surface area contributed by atoms with Gasteiger partial charge in [-0.2, -0.15) is 18.3 Å². The Morgan fingerprint density at radius 1 is 1.00 bits per heavy atom. The second kappa shape index (κ2) is 12.4. The van der Waals surface area contributed by atoms with Gasteiger partial charge in [0, 0.05) is 16.3 Å². The van der Waals surface area contributed by atoms with Crippen molar-refractivity contribution in [2.75, 3.05) is 5.32 Å². The van der Waals surface area contributed by atoms with E-state index in [1.807, 2.05) is 24.3 Å². The van der Waals surface area contributed by atoms with E-state index in [0.29, 0.717) is 22.1 Å². The Kier molecular flexibility index (Phi) is 9.22. The number of hydrogen-bond donors (Lipinski definition) is 4. The third kappa shape index (κ3) is 8.51. The van der Waals surface area contributed by atoms with Crippen molar-refractivity contribution in [1.29, 1.82) is 0 Å². The summed E-state index contributed by atoms with van der Waals surface area (Å²) in [6.07, 6.45) is -3.05. The number of fused-ring (bicyclic) bond motifs is 1. The molecule has 0 spiro atoms. The van der Waals surface area contributed by atoms with Gasteiger partial charge in [-0.05, 0) is 48.4 Å². The molecule has 14 heteroatoms. The van der Waals surface area contributed by atoms with Crippen LogP contribution in [-0.2, 0) is 27.2 Å². The first kappa shape index (κ1) is 29.1. The van der Waals surface area contributed by atoms with Crippen molar-refractivity contribution >= 4 is 40.8 Å². The Balaban J connectivity index is 0.000000532. The number of amides is 1. The summed E-state index contributed by atoms with van der Waals surface area (Å²) < 4.78 is 33.4. The topological polar surface area (TPSA) is 160 Å². The molecule has 4 rings (SSSR count). The standard InChI is InChI=1S/C23H20ClN5O3.C2HF3O2/c24-16-5-3-15(4-6-16)20-9-10-21-26-18(13-29(21)28-20)12-22(30)27-17-7-1-14(2-8-17)11-19(25)23(31)32;3-2(4,5)1(6)7/h1-10,13,19H,11-12,25H2,(H,27,30)(H,31,32);(H,6,7)/t19-;/m0./s1. The molecule has 1 atom stereocenters. The van der Waals surface area contributed by atoms with Crippen LogP contribution in [0.5, 0.6) is 0 Å². The predicted molar refractivity (Wildman–Crippen MR) is 135 cm³/mol. The summed E-state index contributed by atoms with van der Waals surface area (Å²) in [7, 11) is 0. The number of imidazole rings is 1. The van der Waals surface area contributed by atoms with Gasteiger partial charge in [0.2, 0.25) is 5.91 Å². The van der Waals surface area contributed by atoms with Gasteiger partial charge in [-0.15, -0.1) is 0 Å². The lowest BCUT2D eigenvalue weighted by atomic mass is 10.1. The zero-order valence-corrected chi connectivity index (χ0v) is 20.6. The van der Waals surface area contributed by atoms with Crippen LogP contribution in [0, 0.1) is 0 Å². The molecule has 0 saturated carbocycles. The molecule has 2 heterocycles. The predicted octanol–water partition coefficient (Wildman–Crippen LogP) is 3.82. The summed E-state index contributed by atoms with van der Waals surface area (Å²) in [4.78, 5) is 36.6. The van der Waals surface area contributed by atoms with Crippen LogP contribution in [0.1, 0.15) is 11.3 Å². The molecule has 0 bridgehead atoms. The number of carbonyl (C=O) groups is 3. The Hall–Kier alpha value is -4.49. The van der Waals surface area contributed by atoms with Gasteiger partial charge >= 0.3 is 18.1 Å². The van der Waals surface area contributed by atoms with Crippen LogP contribution >= 0.6 is 11.6 Å². The number of nitrogens with two attached hydrogens (primary N) is 1. The fourth-order valence-corrected chi connectivity index (χ4v) is 3.35. The van der Waals surface area contributed by atoms with Crippen LogP contribution in [0.4, 0.5) is 18.9 Å². The molecule has 2 aromatic heterocycles. The number of nitrogens with zero attached hydrogens (tertiary/aromatic N) is 3. The van der Waals surface area contributed by atoms with Gasteiger partial charge in [0.15, 0.2) is 5.65 Å². The largest absolute Gasteiger partial charge is 0.490 e. The molecule has 0 aliphatic rings. The fraction of sp³-hybridized carbons (Fsp3) is 0.160. The van der Waals surface area contributed by atoms with Crippen LogP contribution in [-0.4, -0.2) is 54.9 Å². The number of anilines is 1. The minimum Gasteiger partial charge on any atom is -0.480 e. The van der Waals surface area contributed by atoms with Crippen LogP contribution in [0.25, 0.3) is 16.9 Å². The average Bonchev–Trinajstić information content (AvgIpc) is 3.26. The molecule has 0 radical (unpaired) electrons. The van der Waals surface area contributed by atoms with Gasteiger partial charge < -0.3 is 21.3 Å². The number of carbonyl (C=O) groups excluding carboxylic acids is 1. The summed E-state index contributed by atoms with van der Waals surface area (Å²) in [5.41, 5.74) is 9.86. The number of carboxylic acid groups (broad SMARTS) is 2. The van der Waals surface area contributed by atoms with Crippen molar-refractivity contribution in [3.05, 3.63) is 83.1 Å². The highest BCUT2D eigenvalue weighted by Gasteiger charge is 2.38. The molecule has 0 saturated heterocycles. The Labute approximate surface area is 223 Å². The fourth-order valence-electron chi connectivity index (χ4n) is 3.23. The lowest BCUT2D eigenvalue weighted by Gasteiger charge is -2.08. The molecule has 10 nitrogen and oxygen atoms in total. The maximum atomic E-state index is 12.4. The van der Waals surface area contributed by atoms with Crippen molar-refractivity contribution in [2.24, 2.45) is 5.73 Å². The molecule has 2 aromatic carbocycles. The van der Waals surface area contributed by atoms with E-state index in [-0.39, 0.29) is 18.7 Å². The monoisotopic (exact) mass is 563 g/mol. The van der Waals surface area contributed by atoms with Gasteiger partial charge in [0.1, 0.15) is 6.04 Å². The Morgan fingerprint density at radius 2 is 1.62 bits per heavy atom. The SMILES string of the molecule is N[C@@H](Cc1ccc(NC(=O)Cc2cn3nc(-c4ccc(Cl)cc4)ccc3n2)cc1)C(=O)O.O=C(O)C(F)(F)F. The number of rotatable bonds is 7. The highest BCUT2D eigenvalue weighted by atomic mass is 35.5. The third-order valence-corrected chi connectivity index (χ3v) is 5.36. The van der Waals surface area contributed by atoms with Crippen LogP contribution in [0.15, 0.2) is 66.9 Å². The van der Waals surface area contributed by atoms with Crippen LogP contribution in [0.2, 0.25) is 5.02 Å². The number of nitrogens with one attached hydrogen (secondary N) is 1. The summed E-state index contributed by atoms with van der Waals surface area (Å²) in [6, 6.07) is 17.1. The van der Waals surface area contributed by atoms with Crippen molar-refractivity contribution < 1.29 is 37.8 Å². The normalized spacial score (nSPS) is 11.8. The second-order valence-electron chi connectivity index (χ2n) is 8.13. The van der Waals surface area contributed by atoms with E-state index < -0.39 is 24.2 Å². The molecule has 0 fully saturated rings. The first-order valence-electron chi connectivity index (χ1n) is 11.1. The first-order valence-corrected chi connectivity index (χ1v) is 11.5. The molecule has 4 aromatic rings. The van der Waals surface area contributed by atoms with E-state index in [9.17, 15) is 22.8 Å². The van der Waals surface area contributed by atoms with Gasteiger partial charge in [-0.25, -0.2) is 14.3 Å². The maximum Gasteiger partial charge on any atom is 0.490 e. The van der Waals surface area contributed by atoms with Gasteiger partial charge in [-0.1, -0.05) is 35.9 Å². The van der Waals surface area contributed by atoms with Gasteiger partial charge in [0.05, 0.1) is 24.0 Å². The summed E-state index contributed by atoms with van der Waals surface area (Å²) >= 11 is 5.94. The van der Waals surface area contributed by atoms with Crippen molar-refractivity contribution in [3.8, 4) is 11.3 Å². The third-order valence-electron chi connectivity index (χ3n) is 5.10. The molecule has 0 aliphatic carbocycles. The summed E-state index contributed by atoms with van der Waals surface area (Å²) in [5, 5.41) is 24.0. The van der Waals surface area contributed by atoms with E-state index in [2.05, 4.69) is 15.4 Å². The van der Waals surface area contributed by atoms with Gasteiger partial charge in [0.25, 0.3) is 0 Å². The van der Waals surface area contributed by atoms with E-state index >= 15 is 0 Å². The molecule has 0 unspecified atom stereocenters. The number of aromatic nitrogens is 3.